The molecule has 3 amide bonds. The molecular formula is C19H21N3O3S. The van der Waals surface area contributed by atoms with Gasteiger partial charge in [-0.3, -0.25) is 14.4 Å². The van der Waals surface area contributed by atoms with Gasteiger partial charge in [-0.15, -0.1) is 11.8 Å². The third kappa shape index (κ3) is 5.93. The van der Waals surface area contributed by atoms with E-state index in [0.29, 0.717) is 11.3 Å². The van der Waals surface area contributed by atoms with Crippen molar-refractivity contribution in [3.63, 3.8) is 0 Å². The molecule has 7 heteroatoms. The largest absolute Gasteiger partial charge is 0.366 e. The van der Waals surface area contributed by atoms with Crippen molar-refractivity contribution in [2.24, 2.45) is 5.73 Å². The third-order valence-corrected chi connectivity index (χ3v) is 4.73. The maximum atomic E-state index is 12.2. The lowest BCUT2D eigenvalue weighted by Gasteiger charge is -2.12. The van der Waals surface area contributed by atoms with Gasteiger partial charge in [-0.25, -0.2) is 0 Å². The summed E-state index contributed by atoms with van der Waals surface area (Å²) in [5, 5.41) is 5.07. The molecule has 0 heterocycles. The number of aryl methyl sites for hydroxylation is 1. The maximum absolute atomic E-state index is 12.2. The fourth-order valence-electron chi connectivity index (χ4n) is 2.10. The Morgan fingerprint density at radius 1 is 1.04 bits per heavy atom. The molecule has 0 bridgehead atoms. The standard InChI is InChI=1S/C19H21N3O3S/c1-12-6-8-15(9-7-12)21-17(23)11-26-13(2)19(25)22-16-5-3-4-14(10-16)18(20)24/h3-10,13H,11H2,1-2H3,(H2,20,24)(H,21,23)(H,22,25). The molecule has 136 valence electrons. The van der Waals surface area contributed by atoms with Crippen molar-refractivity contribution in [2.45, 2.75) is 19.1 Å². The number of carbonyl (C=O) groups excluding carboxylic acids is 3. The van der Waals surface area contributed by atoms with Crippen LogP contribution < -0.4 is 16.4 Å². The van der Waals surface area contributed by atoms with Crippen molar-refractivity contribution < 1.29 is 14.4 Å². The predicted octanol–water partition coefficient (Wildman–Crippen LogP) is 2.79. The van der Waals surface area contributed by atoms with Crippen LogP contribution in [0.4, 0.5) is 11.4 Å². The van der Waals surface area contributed by atoms with Gasteiger partial charge in [0.25, 0.3) is 0 Å². The summed E-state index contributed by atoms with van der Waals surface area (Å²) in [6.07, 6.45) is 0. The zero-order valence-electron chi connectivity index (χ0n) is 14.6. The second-order valence-corrected chi connectivity index (χ2v) is 7.13. The predicted molar refractivity (Wildman–Crippen MR) is 105 cm³/mol. The Morgan fingerprint density at radius 2 is 1.73 bits per heavy atom. The van der Waals surface area contributed by atoms with Gasteiger partial charge in [0, 0.05) is 16.9 Å². The lowest BCUT2D eigenvalue weighted by atomic mass is 10.2. The van der Waals surface area contributed by atoms with Crippen LogP contribution in [0.25, 0.3) is 0 Å². The van der Waals surface area contributed by atoms with Gasteiger partial charge in [0.15, 0.2) is 0 Å². The Bertz CT molecular complexity index is 806. The zero-order chi connectivity index (χ0) is 19.1. The van der Waals surface area contributed by atoms with Crippen LogP contribution in [0, 0.1) is 6.92 Å². The number of nitrogens with one attached hydrogen (secondary N) is 2. The molecule has 0 aliphatic heterocycles. The van der Waals surface area contributed by atoms with Crippen LogP contribution in [0.2, 0.25) is 0 Å². The third-order valence-electron chi connectivity index (χ3n) is 3.58. The number of carbonyl (C=O) groups is 3. The van der Waals surface area contributed by atoms with Gasteiger partial charge in [-0.05, 0) is 44.2 Å². The van der Waals surface area contributed by atoms with E-state index in [-0.39, 0.29) is 17.6 Å². The Morgan fingerprint density at radius 3 is 2.38 bits per heavy atom. The molecular weight excluding hydrogens is 350 g/mol. The van der Waals surface area contributed by atoms with Crippen LogP contribution in [0.15, 0.2) is 48.5 Å². The number of anilines is 2. The lowest BCUT2D eigenvalue weighted by molar-refractivity contribution is -0.115. The van der Waals surface area contributed by atoms with E-state index >= 15 is 0 Å². The summed E-state index contributed by atoms with van der Waals surface area (Å²) in [7, 11) is 0. The summed E-state index contributed by atoms with van der Waals surface area (Å²) >= 11 is 1.23. The Hall–Kier alpha value is -2.80. The first-order valence-corrected chi connectivity index (χ1v) is 9.09. The molecule has 0 spiro atoms. The van der Waals surface area contributed by atoms with E-state index in [9.17, 15) is 14.4 Å². The number of hydrogen-bond acceptors (Lipinski definition) is 4. The number of benzene rings is 2. The number of primary amides is 1. The molecule has 4 N–H and O–H groups in total. The number of rotatable bonds is 7. The van der Waals surface area contributed by atoms with Crippen molar-refractivity contribution in [2.75, 3.05) is 16.4 Å². The molecule has 0 saturated carbocycles. The average molecular weight is 371 g/mol. The number of nitrogens with two attached hydrogens (primary N) is 1. The molecule has 2 aromatic carbocycles. The second kappa shape index (κ2) is 9.05. The van der Waals surface area contributed by atoms with Crippen molar-refractivity contribution in [1.82, 2.24) is 0 Å². The zero-order valence-corrected chi connectivity index (χ0v) is 15.4. The van der Waals surface area contributed by atoms with E-state index in [4.69, 9.17) is 5.73 Å². The van der Waals surface area contributed by atoms with Gasteiger partial charge in [0.1, 0.15) is 0 Å². The van der Waals surface area contributed by atoms with Crippen molar-refractivity contribution >= 4 is 40.9 Å². The molecule has 6 nitrogen and oxygen atoms in total. The molecule has 1 unspecified atom stereocenters. The molecule has 26 heavy (non-hydrogen) atoms. The Labute approximate surface area is 156 Å². The molecule has 0 saturated heterocycles. The topological polar surface area (TPSA) is 101 Å². The fraction of sp³-hybridized carbons (Fsp3) is 0.211. The van der Waals surface area contributed by atoms with Crippen LogP contribution in [0.5, 0.6) is 0 Å². The average Bonchev–Trinajstić information content (AvgIpc) is 2.61. The van der Waals surface area contributed by atoms with E-state index in [2.05, 4.69) is 10.6 Å². The molecule has 0 radical (unpaired) electrons. The van der Waals surface area contributed by atoms with Crippen molar-refractivity contribution in [3.8, 4) is 0 Å². The molecule has 1 atom stereocenters. The quantitative estimate of drug-likeness (QED) is 0.696. The monoisotopic (exact) mass is 371 g/mol. The van der Waals surface area contributed by atoms with E-state index < -0.39 is 11.2 Å². The summed E-state index contributed by atoms with van der Waals surface area (Å²) < 4.78 is 0. The van der Waals surface area contributed by atoms with Gasteiger partial charge in [0.2, 0.25) is 17.7 Å². The van der Waals surface area contributed by atoms with Gasteiger partial charge in [-0.2, -0.15) is 0 Å². The van der Waals surface area contributed by atoms with E-state index in [1.165, 1.54) is 17.8 Å². The fourth-order valence-corrected chi connectivity index (χ4v) is 2.79. The molecule has 0 aliphatic carbocycles. The lowest BCUT2D eigenvalue weighted by Crippen LogP contribution is -2.25. The van der Waals surface area contributed by atoms with Gasteiger partial charge in [-0.1, -0.05) is 23.8 Å². The summed E-state index contributed by atoms with van der Waals surface area (Å²) in [5.41, 5.74) is 7.87. The van der Waals surface area contributed by atoms with Crippen LogP contribution in [-0.4, -0.2) is 28.7 Å². The van der Waals surface area contributed by atoms with Gasteiger partial charge < -0.3 is 16.4 Å². The molecule has 2 aromatic rings. The van der Waals surface area contributed by atoms with Crippen molar-refractivity contribution in [3.05, 3.63) is 59.7 Å². The van der Waals surface area contributed by atoms with Crippen LogP contribution >= 0.6 is 11.8 Å². The van der Waals surface area contributed by atoms with Gasteiger partial charge in [0.05, 0.1) is 11.0 Å². The summed E-state index contributed by atoms with van der Waals surface area (Å²) in [5.74, 6) is -0.825. The minimum Gasteiger partial charge on any atom is -0.366 e. The highest BCUT2D eigenvalue weighted by Gasteiger charge is 2.16. The first-order valence-electron chi connectivity index (χ1n) is 8.04. The SMILES string of the molecule is Cc1ccc(NC(=O)CSC(C)C(=O)Nc2cccc(C(N)=O)c2)cc1. The van der Waals surface area contributed by atoms with Crippen LogP contribution in [0.3, 0.4) is 0 Å². The smallest absolute Gasteiger partial charge is 0.248 e. The first-order chi connectivity index (χ1) is 12.3. The Kier molecular flexibility index (Phi) is 6.80. The number of hydrogen-bond donors (Lipinski definition) is 3. The highest BCUT2D eigenvalue weighted by Crippen LogP contribution is 2.16. The molecule has 0 aromatic heterocycles. The van der Waals surface area contributed by atoms with Gasteiger partial charge >= 0.3 is 0 Å². The highest BCUT2D eigenvalue weighted by molar-refractivity contribution is 8.01. The molecule has 2 rings (SSSR count). The minimum absolute atomic E-state index is 0.157. The second-order valence-electron chi connectivity index (χ2n) is 5.80. The number of thioether (sulfide) groups is 1. The van der Waals surface area contributed by atoms with Crippen LogP contribution in [-0.2, 0) is 9.59 Å². The van der Waals surface area contributed by atoms with E-state index in [1.54, 1.807) is 25.1 Å². The number of amides is 3. The molecule has 0 aliphatic rings. The van der Waals surface area contributed by atoms with Crippen molar-refractivity contribution in [1.29, 1.82) is 0 Å². The van der Waals surface area contributed by atoms with E-state index in [0.717, 1.165) is 11.3 Å². The minimum atomic E-state index is -0.559. The molecule has 0 fully saturated rings. The Balaban J connectivity index is 1.83. The summed E-state index contributed by atoms with van der Waals surface area (Å²) in [4.78, 5) is 35.4. The normalized spacial score (nSPS) is 11.5. The first kappa shape index (κ1) is 19.5. The summed E-state index contributed by atoms with van der Waals surface area (Å²) in [6, 6.07) is 13.9. The highest BCUT2D eigenvalue weighted by atomic mass is 32.2. The van der Waals surface area contributed by atoms with E-state index in [1.807, 2.05) is 31.2 Å². The summed E-state index contributed by atoms with van der Waals surface area (Å²) in [6.45, 7) is 3.69. The maximum Gasteiger partial charge on any atom is 0.248 e. The van der Waals surface area contributed by atoms with Crippen LogP contribution in [0.1, 0.15) is 22.8 Å².